The maximum atomic E-state index is 12.0. The highest BCUT2D eigenvalue weighted by molar-refractivity contribution is 7.89. The van der Waals surface area contributed by atoms with Crippen molar-refractivity contribution in [2.24, 2.45) is 0 Å². The second kappa shape index (κ2) is 7.28. The van der Waals surface area contributed by atoms with Gasteiger partial charge in [-0.15, -0.1) is 0 Å². The molecule has 0 aliphatic rings. The molecule has 20 heavy (non-hydrogen) atoms. The minimum absolute atomic E-state index is 0.00888. The number of rotatable bonds is 7. The highest BCUT2D eigenvalue weighted by Crippen LogP contribution is 2.16. The monoisotopic (exact) mass is 304 g/mol. The predicted molar refractivity (Wildman–Crippen MR) is 67.9 cm³/mol. The Hall–Kier alpha value is -1.56. The number of sulfonamides is 1. The van der Waals surface area contributed by atoms with Gasteiger partial charge in [-0.2, -0.15) is 5.26 Å². The van der Waals surface area contributed by atoms with Gasteiger partial charge in [-0.3, -0.25) is 0 Å². The Balaban J connectivity index is 2.67. The summed E-state index contributed by atoms with van der Waals surface area (Å²) in [5.74, 6) is 0. The second-order valence-electron chi connectivity index (χ2n) is 3.96. The van der Waals surface area contributed by atoms with Gasteiger partial charge in [0.25, 0.3) is 6.43 Å². The summed E-state index contributed by atoms with van der Waals surface area (Å²) in [7, 11) is -3.79. The molecule has 0 heterocycles. The molecule has 0 fully saturated rings. The van der Waals surface area contributed by atoms with Crippen molar-refractivity contribution >= 4 is 10.0 Å². The van der Waals surface area contributed by atoms with Crippen LogP contribution in [0.2, 0.25) is 0 Å². The maximum absolute atomic E-state index is 12.0. The van der Waals surface area contributed by atoms with Gasteiger partial charge in [0.1, 0.15) is 6.61 Å². The summed E-state index contributed by atoms with van der Waals surface area (Å²) in [5.41, 5.74) is 0.718. The Kier molecular flexibility index (Phi) is 6.01. The first-order chi connectivity index (χ1) is 9.36. The summed E-state index contributed by atoms with van der Waals surface area (Å²) in [4.78, 5) is -0.00888. The molecule has 5 nitrogen and oxygen atoms in total. The van der Waals surface area contributed by atoms with Crippen molar-refractivity contribution in [3.05, 3.63) is 29.3 Å². The Morgan fingerprint density at radius 2 is 2.15 bits per heavy atom. The van der Waals surface area contributed by atoms with Gasteiger partial charge in [0.05, 0.1) is 23.1 Å². The summed E-state index contributed by atoms with van der Waals surface area (Å²) < 4.78 is 54.4. The quantitative estimate of drug-likeness (QED) is 0.773. The molecule has 0 aromatic heterocycles. The largest absolute Gasteiger partial charge is 0.374 e. The lowest BCUT2D eigenvalue weighted by Gasteiger charge is -2.10. The molecule has 0 spiro atoms. The van der Waals surface area contributed by atoms with Gasteiger partial charge in [0.15, 0.2) is 0 Å². The number of nitriles is 1. The SMILES string of the molecule is Cc1ccc(C#N)cc1S(=O)(=O)NCCOCC(F)F. The molecule has 110 valence electrons. The summed E-state index contributed by atoms with van der Waals surface area (Å²) in [6.07, 6.45) is -2.58. The first-order valence-corrected chi connectivity index (χ1v) is 7.21. The van der Waals surface area contributed by atoms with E-state index in [0.717, 1.165) is 0 Å². The topological polar surface area (TPSA) is 79.2 Å². The van der Waals surface area contributed by atoms with E-state index in [9.17, 15) is 17.2 Å². The van der Waals surface area contributed by atoms with Gasteiger partial charge in [0.2, 0.25) is 10.0 Å². The number of ether oxygens (including phenoxy) is 1. The van der Waals surface area contributed by atoms with Crippen LogP contribution < -0.4 is 4.72 Å². The molecule has 1 rings (SSSR count). The van der Waals surface area contributed by atoms with Gasteiger partial charge in [-0.1, -0.05) is 6.07 Å². The molecule has 0 radical (unpaired) electrons. The van der Waals surface area contributed by atoms with Crippen LogP contribution in [0.4, 0.5) is 8.78 Å². The molecule has 0 amide bonds. The van der Waals surface area contributed by atoms with E-state index in [1.807, 2.05) is 6.07 Å². The third-order valence-corrected chi connectivity index (χ3v) is 3.99. The number of nitrogens with one attached hydrogen (secondary N) is 1. The van der Waals surface area contributed by atoms with E-state index in [2.05, 4.69) is 9.46 Å². The minimum atomic E-state index is -3.79. The fourth-order valence-electron chi connectivity index (χ4n) is 1.46. The fraction of sp³-hybridized carbons (Fsp3) is 0.417. The van der Waals surface area contributed by atoms with E-state index >= 15 is 0 Å². The van der Waals surface area contributed by atoms with Crippen LogP contribution in [0.5, 0.6) is 0 Å². The van der Waals surface area contributed by atoms with Crippen molar-refractivity contribution in [3.8, 4) is 6.07 Å². The molecule has 1 N–H and O–H groups in total. The molecule has 0 aliphatic heterocycles. The molecule has 0 bridgehead atoms. The van der Waals surface area contributed by atoms with E-state index < -0.39 is 23.1 Å². The molecule has 1 aromatic rings. The van der Waals surface area contributed by atoms with E-state index in [0.29, 0.717) is 5.56 Å². The average Bonchev–Trinajstić information content (AvgIpc) is 2.38. The molecule has 0 saturated heterocycles. The van der Waals surface area contributed by atoms with Crippen molar-refractivity contribution in [2.75, 3.05) is 19.8 Å². The zero-order valence-electron chi connectivity index (χ0n) is 10.8. The summed E-state index contributed by atoms with van der Waals surface area (Å²) >= 11 is 0. The number of alkyl halides is 2. The molecule has 0 saturated carbocycles. The molecule has 8 heteroatoms. The predicted octanol–water partition coefficient (Wildman–Crippen LogP) is 1.43. The van der Waals surface area contributed by atoms with E-state index in [1.54, 1.807) is 6.92 Å². The number of hydrogen-bond donors (Lipinski definition) is 1. The standard InChI is InChI=1S/C12H14F2N2O3S/c1-9-2-3-10(7-15)6-11(9)20(17,18)16-4-5-19-8-12(13)14/h2-3,6,12,16H,4-5,8H2,1H3. The van der Waals surface area contributed by atoms with Crippen LogP contribution in [-0.4, -0.2) is 34.6 Å². The Labute approximate surface area is 116 Å². The Bertz CT molecular complexity index is 597. The van der Waals surface area contributed by atoms with Crippen LogP contribution in [-0.2, 0) is 14.8 Å². The number of benzene rings is 1. The second-order valence-corrected chi connectivity index (χ2v) is 5.69. The smallest absolute Gasteiger partial charge is 0.261 e. The van der Waals surface area contributed by atoms with Gasteiger partial charge in [0, 0.05) is 6.54 Å². The molecular formula is C12H14F2N2O3S. The zero-order chi connectivity index (χ0) is 15.2. The van der Waals surface area contributed by atoms with Crippen LogP contribution in [0.15, 0.2) is 23.1 Å². The van der Waals surface area contributed by atoms with Crippen LogP contribution in [0.1, 0.15) is 11.1 Å². The van der Waals surface area contributed by atoms with Crippen molar-refractivity contribution in [3.63, 3.8) is 0 Å². The Morgan fingerprint density at radius 3 is 2.75 bits per heavy atom. The van der Waals surface area contributed by atoms with Gasteiger partial charge < -0.3 is 4.74 Å². The highest BCUT2D eigenvalue weighted by Gasteiger charge is 2.17. The van der Waals surface area contributed by atoms with Crippen molar-refractivity contribution < 1.29 is 21.9 Å². The number of hydrogen-bond acceptors (Lipinski definition) is 4. The van der Waals surface area contributed by atoms with Gasteiger partial charge in [-0.25, -0.2) is 21.9 Å². The highest BCUT2D eigenvalue weighted by atomic mass is 32.2. The van der Waals surface area contributed by atoms with Crippen LogP contribution in [0.25, 0.3) is 0 Å². The summed E-state index contributed by atoms with van der Waals surface area (Å²) in [5, 5.41) is 8.76. The van der Waals surface area contributed by atoms with E-state index in [-0.39, 0.29) is 23.6 Å². The van der Waals surface area contributed by atoms with Crippen LogP contribution in [0.3, 0.4) is 0 Å². The third kappa shape index (κ3) is 4.85. The Morgan fingerprint density at radius 1 is 1.45 bits per heavy atom. The summed E-state index contributed by atoms with van der Waals surface area (Å²) in [6.45, 7) is 0.597. The lowest BCUT2D eigenvalue weighted by molar-refractivity contribution is 0.0199. The molecule has 0 atom stereocenters. The average molecular weight is 304 g/mol. The van der Waals surface area contributed by atoms with Crippen LogP contribution in [0, 0.1) is 18.3 Å². The van der Waals surface area contributed by atoms with E-state index in [1.165, 1.54) is 18.2 Å². The van der Waals surface area contributed by atoms with Gasteiger partial charge >= 0.3 is 0 Å². The minimum Gasteiger partial charge on any atom is -0.374 e. The molecule has 0 aliphatic carbocycles. The molecular weight excluding hydrogens is 290 g/mol. The molecule has 1 aromatic carbocycles. The van der Waals surface area contributed by atoms with Crippen molar-refractivity contribution in [2.45, 2.75) is 18.2 Å². The summed E-state index contributed by atoms with van der Waals surface area (Å²) in [6, 6.07) is 6.16. The number of aryl methyl sites for hydroxylation is 1. The maximum Gasteiger partial charge on any atom is 0.261 e. The molecule has 0 unspecified atom stereocenters. The van der Waals surface area contributed by atoms with Gasteiger partial charge in [-0.05, 0) is 24.6 Å². The lowest BCUT2D eigenvalue weighted by Crippen LogP contribution is -2.28. The van der Waals surface area contributed by atoms with Crippen molar-refractivity contribution in [1.29, 1.82) is 5.26 Å². The normalized spacial score (nSPS) is 11.6. The third-order valence-electron chi connectivity index (χ3n) is 2.39. The first kappa shape index (κ1) is 16.5. The van der Waals surface area contributed by atoms with Crippen LogP contribution >= 0.6 is 0 Å². The number of nitrogens with zero attached hydrogens (tertiary/aromatic N) is 1. The fourth-order valence-corrected chi connectivity index (χ4v) is 2.74. The van der Waals surface area contributed by atoms with Crippen molar-refractivity contribution in [1.82, 2.24) is 4.72 Å². The van der Waals surface area contributed by atoms with E-state index in [4.69, 9.17) is 5.26 Å². The number of halogens is 2. The first-order valence-electron chi connectivity index (χ1n) is 5.73. The zero-order valence-corrected chi connectivity index (χ0v) is 11.6. The lowest BCUT2D eigenvalue weighted by atomic mass is 10.2.